The molecule has 4 N–H and O–H groups in total. The van der Waals surface area contributed by atoms with Gasteiger partial charge in [0.05, 0.1) is 20.8 Å². The Hall–Kier alpha value is -1.69. The van der Waals surface area contributed by atoms with Crippen molar-refractivity contribution in [2.45, 2.75) is 30.7 Å². The van der Waals surface area contributed by atoms with Crippen molar-refractivity contribution in [1.29, 1.82) is 0 Å². The molecule has 1 aliphatic heterocycles. The first-order valence-corrected chi connectivity index (χ1v) is 8.72. The van der Waals surface area contributed by atoms with E-state index in [0.717, 1.165) is 0 Å². The zero-order valence-electron chi connectivity index (χ0n) is 14.6. The fourth-order valence-electron chi connectivity index (χ4n) is 2.56. The largest absolute Gasteiger partial charge is 0.493 e. The van der Waals surface area contributed by atoms with Gasteiger partial charge in [0.1, 0.15) is 24.4 Å². The van der Waals surface area contributed by atoms with Gasteiger partial charge in [-0.1, -0.05) is 6.08 Å². The van der Waals surface area contributed by atoms with E-state index in [2.05, 4.69) is 15.9 Å². The van der Waals surface area contributed by atoms with E-state index in [4.69, 9.17) is 18.9 Å². The number of ether oxygens (including phenoxy) is 4. The third kappa shape index (κ3) is 4.98. The molecule has 1 saturated heterocycles. The number of carbonyl (C=O) groups excluding carboxylic acids is 1. The van der Waals surface area contributed by atoms with Gasteiger partial charge >= 0.3 is 0 Å². The highest BCUT2D eigenvalue weighted by Gasteiger charge is 2.45. The number of methoxy groups -OCH3 is 2. The molecular weight excluding hydrogens is 428 g/mol. The summed E-state index contributed by atoms with van der Waals surface area (Å²) in [6, 6.07) is 3.13. The van der Waals surface area contributed by atoms with E-state index >= 15 is 0 Å². The molecule has 0 unspecified atom stereocenters. The summed E-state index contributed by atoms with van der Waals surface area (Å²) in [5, 5.41) is 39.1. The van der Waals surface area contributed by atoms with E-state index in [1.165, 1.54) is 26.4 Å². The van der Waals surface area contributed by atoms with Gasteiger partial charge in [0, 0.05) is 0 Å². The Morgan fingerprint density at radius 2 is 1.74 bits per heavy atom. The second-order valence-electron chi connectivity index (χ2n) is 5.71. The molecule has 1 fully saturated rings. The maximum Gasteiger partial charge on any atom is 0.229 e. The molecule has 0 aliphatic carbocycles. The quantitative estimate of drug-likeness (QED) is 0.330. The van der Waals surface area contributed by atoms with E-state index in [9.17, 15) is 25.2 Å². The third-order valence-corrected chi connectivity index (χ3v) is 4.24. The number of aliphatic hydroxyl groups excluding tert-OH is 4. The predicted molar refractivity (Wildman–Crippen MR) is 96.9 cm³/mol. The van der Waals surface area contributed by atoms with Crippen LogP contribution in [0.5, 0.6) is 17.2 Å². The van der Waals surface area contributed by atoms with Crippen molar-refractivity contribution in [3.63, 3.8) is 0 Å². The lowest BCUT2D eigenvalue weighted by molar-refractivity contribution is -0.277. The number of rotatable bonds is 7. The van der Waals surface area contributed by atoms with Crippen LogP contribution in [0.2, 0.25) is 0 Å². The first-order chi connectivity index (χ1) is 12.8. The Balaban J connectivity index is 2.35. The van der Waals surface area contributed by atoms with Crippen LogP contribution in [0.15, 0.2) is 18.2 Å². The summed E-state index contributed by atoms with van der Waals surface area (Å²) in [6.45, 7) is -0.580. The second-order valence-corrected chi connectivity index (χ2v) is 6.49. The van der Waals surface area contributed by atoms with E-state index in [1.54, 1.807) is 12.1 Å². The Morgan fingerprint density at radius 3 is 2.22 bits per heavy atom. The minimum atomic E-state index is -1.58. The van der Waals surface area contributed by atoms with Crippen molar-refractivity contribution in [2.75, 3.05) is 20.8 Å². The lowest BCUT2D eigenvalue weighted by Gasteiger charge is -2.39. The number of carbonyl (C=O) groups is 1. The van der Waals surface area contributed by atoms with E-state index in [1.807, 2.05) is 0 Å². The Labute approximate surface area is 163 Å². The molecule has 0 spiro atoms. The first-order valence-electron chi connectivity index (χ1n) is 7.93. The van der Waals surface area contributed by atoms with Gasteiger partial charge in [0.25, 0.3) is 0 Å². The van der Waals surface area contributed by atoms with E-state index < -0.39 is 37.3 Å². The van der Waals surface area contributed by atoms with Gasteiger partial charge < -0.3 is 39.4 Å². The zero-order valence-corrected chi connectivity index (χ0v) is 16.2. The molecule has 2 rings (SSSR count). The van der Waals surface area contributed by atoms with Crippen molar-refractivity contribution >= 4 is 26.7 Å². The number of halogens is 1. The summed E-state index contributed by atoms with van der Waals surface area (Å²) in [5.41, 5.74) is 0.581. The van der Waals surface area contributed by atoms with Gasteiger partial charge in [-0.15, -0.1) is 0 Å². The summed E-state index contributed by atoms with van der Waals surface area (Å²) < 4.78 is 21.2. The van der Waals surface area contributed by atoms with Gasteiger partial charge in [-0.3, -0.25) is 4.79 Å². The molecular formula is C17H21BrO9. The Bertz CT molecular complexity index is 666. The number of hydrogen-bond donors (Lipinski definition) is 4. The molecule has 0 radical (unpaired) electrons. The maximum atomic E-state index is 11.0. The number of allylic oxidation sites excluding steroid dienone is 1. The summed E-state index contributed by atoms with van der Waals surface area (Å²) in [5.74, 6) is 0.507. The monoisotopic (exact) mass is 448 g/mol. The average Bonchev–Trinajstić information content (AvgIpc) is 2.66. The molecule has 1 aromatic rings. The van der Waals surface area contributed by atoms with Gasteiger partial charge in [0.2, 0.25) is 16.7 Å². The minimum absolute atomic E-state index is 0.0756. The van der Waals surface area contributed by atoms with Gasteiger partial charge in [-0.25, -0.2) is 0 Å². The van der Waals surface area contributed by atoms with Crippen molar-refractivity contribution in [3.05, 3.63) is 23.8 Å². The fraction of sp³-hybridized carbons (Fsp3) is 0.471. The average molecular weight is 449 g/mol. The molecule has 27 heavy (non-hydrogen) atoms. The highest BCUT2D eigenvalue weighted by molar-refractivity contribution is 9.18. The maximum absolute atomic E-state index is 11.0. The summed E-state index contributed by atoms with van der Waals surface area (Å²) in [7, 11) is 2.77. The van der Waals surface area contributed by atoms with E-state index in [0.29, 0.717) is 5.56 Å². The van der Waals surface area contributed by atoms with Gasteiger partial charge in [-0.2, -0.15) is 0 Å². The highest BCUT2D eigenvalue weighted by Crippen LogP contribution is 2.40. The molecule has 1 heterocycles. The molecule has 150 valence electrons. The number of aliphatic hydroxyl groups is 4. The van der Waals surface area contributed by atoms with Crippen LogP contribution in [-0.2, 0) is 9.53 Å². The van der Waals surface area contributed by atoms with Crippen molar-refractivity contribution in [2.24, 2.45) is 0 Å². The molecule has 0 amide bonds. The summed E-state index contributed by atoms with van der Waals surface area (Å²) in [4.78, 5) is 11.0. The topological polar surface area (TPSA) is 135 Å². The molecule has 0 bridgehead atoms. The smallest absolute Gasteiger partial charge is 0.229 e. The van der Waals surface area contributed by atoms with Crippen molar-refractivity contribution in [3.8, 4) is 17.2 Å². The molecule has 10 heteroatoms. The Morgan fingerprint density at radius 1 is 1.15 bits per heavy atom. The fourth-order valence-corrected chi connectivity index (χ4v) is 2.69. The van der Waals surface area contributed by atoms with Crippen LogP contribution in [0.3, 0.4) is 0 Å². The molecule has 0 saturated carbocycles. The van der Waals surface area contributed by atoms with Crippen LogP contribution in [0.1, 0.15) is 5.56 Å². The molecule has 9 nitrogen and oxygen atoms in total. The van der Waals surface area contributed by atoms with Crippen molar-refractivity contribution in [1.82, 2.24) is 0 Å². The molecule has 0 aromatic heterocycles. The highest BCUT2D eigenvalue weighted by atomic mass is 79.9. The van der Waals surface area contributed by atoms with Crippen LogP contribution >= 0.6 is 15.9 Å². The molecule has 1 aromatic carbocycles. The third-order valence-electron chi connectivity index (χ3n) is 3.97. The van der Waals surface area contributed by atoms with Crippen LogP contribution in [0.25, 0.3) is 6.08 Å². The van der Waals surface area contributed by atoms with Gasteiger partial charge in [-0.05, 0) is 39.7 Å². The molecule has 5 atom stereocenters. The summed E-state index contributed by atoms with van der Waals surface area (Å²) >= 11 is 2.79. The number of benzene rings is 1. The Kier molecular flexibility index (Phi) is 7.59. The van der Waals surface area contributed by atoms with Crippen molar-refractivity contribution < 1.29 is 44.2 Å². The van der Waals surface area contributed by atoms with Crippen LogP contribution in [-0.4, -0.2) is 76.7 Å². The molecule has 1 aliphatic rings. The lowest BCUT2D eigenvalue weighted by Crippen LogP contribution is -2.60. The normalized spacial score (nSPS) is 28.2. The van der Waals surface area contributed by atoms with Gasteiger partial charge in [0.15, 0.2) is 11.5 Å². The second kappa shape index (κ2) is 9.49. The predicted octanol–water partition coefficient (Wildman–Crippen LogP) is -0.183. The van der Waals surface area contributed by atoms with Crippen LogP contribution < -0.4 is 14.2 Å². The van der Waals surface area contributed by atoms with E-state index in [-0.39, 0.29) is 21.9 Å². The number of hydrogen-bond acceptors (Lipinski definition) is 9. The minimum Gasteiger partial charge on any atom is -0.493 e. The SMILES string of the molecule is COc1cc(/C=C/C(=O)Br)cc(OC)c1O[C@@H]1O[C@H](CO)[C@H](O)[C@H](O)[C@H]1O. The van der Waals surface area contributed by atoms with Crippen LogP contribution in [0, 0.1) is 0 Å². The summed E-state index contributed by atoms with van der Waals surface area (Å²) in [6.07, 6.45) is -4.34. The standard InChI is InChI=1S/C17H21BrO9/c1-24-9-5-8(3-4-12(18)20)6-10(25-2)16(9)27-17-15(23)14(22)13(21)11(7-19)26-17/h3-6,11,13-15,17,19,21-23H,7H2,1-2H3/b4-3+/t11-,13+,14+,15-,17+/m1/s1. The zero-order chi connectivity index (χ0) is 20.1. The van der Waals surface area contributed by atoms with Crippen LogP contribution in [0.4, 0.5) is 0 Å². The lowest BCUT2D eigenvalue weighted by atomic mass is 9.99. The first kappa shape index (κ1) is 21.6.